The van der Waals surface area contributed by atoms with Crippen LogP contribution in [0.1, 0.15) is 45.9 Å². The summed E-state index contributed by atoms with van der Waals surface area (Å²) in [6.45, 7) is 5.98. The van der Waals surface area contributed by atoms with Gasteiger partial charge in [0.2, 0.25) is 5.88 Å². The lowest BCUT2D eigenvalue weighted by Crippen LogP contribution is -2.32. The van der Waals surface area contributed by atoms with Crippen molar-refractivity contribution in [2.24, 2.45) is 0 Å². The molecule has 0 unspecified atom stereocenters. The second kappa shape index (κ2) is 9.67. The summed E-state index contributed by atoms with van der Waals surface area (Å²) in [5.74, 6) is 7.44. The predicted octanol–water partition coefficient (Wildman–Crippen LogP) is 2.73. The Morgan fingerprint density at radius 3 is 2.74 bits per heavy atom. The lowest BCUT2D eigenvalue weighted by Gasteiger charge is -2.19. The van der Waals surface area contributed by atoms with Crippen molar-refractivity contribution in [1.82, 2.24) is 15.3 Å². The van der Waals surface area contributed by atoms with Crippen molar-refractivity contribution >= 4 is 6.09 Å². The standard InChI is InChI=1S/C17H25N3O3/c1-17(2,3)23-16(21)19-12-9-7-5-6-8-10-14-18-13-11-15(20-14)22-4/h11,13H,6,8-10,12H2,1-4H3,(H,19,21). The molecule has 0 atom stereocenters. The third-order valence-corrected chi connectivity index (χ3v) is 2.63. The summed E-state index contributed by atoms with van der Waals surface area (Å²) < 4.78 is 10.2. The summed E-state index contributed by atoms with van der Waals surface area (Å²) in [5, 5.41) is 2.67. The lowest BCUT2D eigenvalue weighted by atomic mass is 10.2. The Bertz CT molecular complexity index is 556. The normalized spacial score (nSPS) is 10.4. The molecule has 126 valence electrons. The first-order valence-corrected chi connectivity index (χ1v) is 7.69. The molecule has 0 aliphatic rings. The Morgan fingerprint density at radius 1 is 1.30 bits per heavy atom. The molecule has 0 fully saturated rings. The number of amides is 1. The number of unbranched alkanes of at least 4 members (excludes halogenated alkanes) is 1. The molecule has 1 rings (SSSR count). The molecule has 1 heterocycles. The first kappa shape index (κ1) is 18.8. The molecule has 1 aromatic rings. The predicted molar refractivity (Wildman–Crippen MR) is 88.2 cm³/mol. The number of hydrogen-bond acceptors (Lipinski definition) is 5. The summed E-state index contributed by atoms with van der Waals surface area (Å²) in [5.41, 5.74) is -0.474. The van der Waals surface area contributed by atoms with Gasteiger partial charge in [0.15, 0.2) is 0 Å². The maximum atomic E-state index is 11.4. The van der Waals surface area contributed by atoms with Gasteiger partial charge in [0.1, 0.15) is 11.4 Å². The largest absolute Gasteiger partial charge is 0.481 e. The van der Waals surface area contributed by atoms with E-state index in [0.717, 1.165) is 25.1 Å². The Hall–Kier alpha value is -2.29. The van der Waals surface area contributed by atoms with Gasteiger partial charge < -0.3 is 14.8 Å². The van der Waals surface area contributed by atoms with Gasteiger partial charge in [0.25, 0.3) is 0 Å². The minimum atomic E-state index is -0.474. The molecule has 0 bridgehead atoms. The smallest absolute Gasteiger partial charge is 0.407 e. The zero-order valence-electron chi connectivity index (χ0n) is 14.3. The van der Waals surface area contributed by atoms with Crippen LogP contribution in [0.25, 0.3) is 0 Å². The third kappa shape index (κ3) is 9.35. The number of carbonyl (C=O) groups excluding carboxylic acids is 1. The highest BCUT2D eigenvalue weighted by Crippen LogP contribution is 2.07. The molecule has 0 aromatic carbocycles. The Kier molecular flexibility index (Phi) is 7.89. The van der Waals surface area contributed by atoms with Crippen LogP contribution in [0.4, 0.5) is 4.79 Å². The molecule has 0 saturated carbocycles. The van der Waals surface area contributed by atoms with Gasteiger partial charge in [-0.25, -0.2) is 9.78 Å². The number of aromatic nitrogens is 2. The number of hydrogen-bond donors (Lipinski definition) is 1. The van der Waals surface area contributed by atoms with Gasteiger partial charge in [-0.2, -0.15) is 4.98 Å². The van der Waals surface area contributed by atoms with Crippen LogP contribution in [0.2, 0.25) is 0 Å². The van der Waals surface area contributed by atoms with E-state index in [1.54, 1.807) is 19.4 Å². The van der Waals surface area contributed by atoms with Crippen LogP contribution in [0.15, 0.2) is 12.3 Å². The summed E-state index contributed by atoms with van der Waals surface area (Å²) >= 11 is 0. The van der Waals surface area contributed by atoms with E-state index in [4.69, 9.17) is 9.47 Å². The van der Waals surface area contributed by atoms with E-state index in [0.29, 0.717) is 18.8 Å². The van der Waals surface area contributed by atoms with Crippen LogP contribution in [0, 0.1) is 11.8 Å². The molecule has 0 saturated heterocycles. The number of nitrogens with one attached hydrogen (secondary N) is 1. The molecule has 6 heteroatoms. The highest BCUT2D eigenvalue weighted by Gasteiger charge is 2.15. The fourth-order valence-corrected chi connectivity index (χ4v) is 1.67. The van der Waals surface area contributed by atoms with E-state index in [1.807, 2.05) is 20.8 Å². The first-order chi connectivity index (χ1) is 10.9. The van der Waals surface area contributed by atoms with Gasteiger partial charge in [-0.15, -0.1) is 11.8 Å². The van der Waals surface area contributed by atoms with Gasteiger partial charge in [-0.1, -0.05) is 0 Å². The summed E-state index contributed by atoms with van der Waals surface area (Å²) in [4.78, 5) is 19.8. The number of nitrogens with zero attached hydrogens (tertiary/aromatic N) is 2. The van der Waals surface area contributed by atoms with Crippen LogP contribution in [-0.4, -0.2) is 35.3 Å². The molecule has 0 radical (unpaired) electrons. The second-order valence-electron chi connectivity index (χ2n) is 5.90. The number of rotatable bonds is 6. The van der Waals surface area contributed by atoms with Crippen LogP contribution < -0.4 is 10.1 Å². The summed E-state index contributed by atoms with van der Waals surface area (Å²) in [6, 6.07) is 1.72. The maximum absolute atomic E-state index is 11.4. The molecule has 23 heavy (non-hydrogen) atoms. The van der Waals surface area contributed by atoms with E-state index in [-0.39, 0.29) is 0 Å². The molecule has 1 aromatic heterocycles. The molecule has 0 aliphatic heterocycles. The number of methoxy groups -OCH3 is 1. The van der Waals surface area contributed by atoms with Crippen molar-refractivity contribution in [3.05, 3.63) is 18.1 Å². The molecular weight excluding hydrogens is 294 g/mol. The van der Waals surface area contributed by atoms with Crippen molar-refractivity contribution in [2.75, 3.05) is 13.7 Å². The van der Waals surface area contributed by atoms with Crippen molar-refractivity contribution in [3.8, 4) is 17.7 Å². The van der Waals surface area contributed by atoms with Crippen molar-refractivity contribution in [1.29, 1.82) is 0 Å². The molecular formula is C17H25N3O3. The molecule has 1 N–H and O–H groups in total. The second-order valence-corrected chi connectivity index (χ2v) is 5.90. The molecule has 6 nitrogen and oxygen atoms in total. The first-order valence-electron chi connectivity index (χ1n) is 7.69. The number of aryl methyl sites for hydroxylation is 1. The van der Waals surface area contributed by atoms with Gasteiger partial charge in [-0.05, 0) is 27.2 Å². The van der Waals surface area contributed by atoms with Crippen molar-refractivity contribution < 1.29 is 14.3 Å². The number of carbonyl (C=O) groups is 1. The maximum Gasteiger partial charge on any atom is 0.407 e. The SMILES string of the molecule is COc1ccnc(CCCC#CCCNC(=O)OC(C)(C)C)n1. The fraction of sp³-hybridized carbons (Fsp3) is 0.588. The zero-order chi connectivity index (χ0) is 17.1. The Morgan fingerprint density at radius 2 is 2.04 bits per heavy atom. The van der Waals surface area contributed by atoms with E-state index >= 15 is 0 Å². The molecule has 0 spiro atoms. The van der Waals surface area contributed by atoms with Gasteiger partial charge >= 0.3 is 6.09 Å². The summed E-state index contributed by atoms with van der Waals surface area (Å²) in [6.07, 6.45) is 4.31. The minimum absolute atomic E-state index is 0.408. The Balaban J connectivity index is 2.13. The quantitative estimate of drug-likeness (QED) is 0.644. The molecule has 0 aliphatic carbocycles. The van der Waals surface area contributed by atoms with Gasteiger partial charge in [-0.3, -0.25) is 0 Å². The summed E-state index contributed by atoms with van der Waals surface area (Å²) in [7, 11) is 1.59. The van der Waals surface area contributed by atoms with E-state index < -0.39 is 11.7 Å². The van der Waals surface area contributed by atoms with Crippen LogP contribution in [0.5, 0.6) is 5.88 Å². The Labute approximate surface area is 138 Å². The highest BCUT2D eigenvalue weighted by molar-refractivity contribution is 5.67. The average Bonchev–Trinajstić information content (AvgIpc) is 2.48. The lowest BCUT2D eigenvalue weighted by molar-refractivity contribution is 0.0529. The number of alkyl carbamates (subject to hydrolysis) is 1. The van der Waals surface area contributed by atoms with Crippen LogP contribution >= 0.6 is 0 Å². The van der Waals surface area contributed by atoms with Crippen LogP contribution in [-0.2, 0) is 11.2 Å². The fourth-order valence-electron chi connectivity index (χ4n) is 1.67. The monoisotopic (exact) mass is 319 g/mol. The molecule has 1 amide bonds. The average molecular weight is 319 g/mol. The van der Waals surface area contributed by atoms with E-state index in [9.17, 15) is 4.79 Å². The van der Waals surface area contributed by atoms with Crippen LogP contribution in [0.3, 0.4) is 0 Å². The van der Waals surface area contributed by atoms with E-state index in [1.165, 1.54) is 0 Å². The topological polar surface area (TPSA) is 73.3 Å². The van der Waals surface area contributed by atoms with Gasteiger partial charge in [0.05, 0.1) is 7.11 Å². The van der Waals surface area contributed by atoms with Crippen molar-refractivity contribution in [2.45, 2.75) is 52.1 Å². The third-order valence-electron chi connectivity index (χ3n) is 2.63. The minimum Gasteiger partial charge on any atom is -0.481 e. The highest BCUT2D eigenvalue weighted by atomic mass is 16.6. The number of ether oxygens (including phenoxy) is 2. The van der Waals surface area contributed by atoms with E-state index in [2.05, 4.69) is 27.1 Å². The van der Waals surface area contributed by atoms with Gasteiger partial charge in [0, 0.05) is 38.1 Å². The van der Waals surface area contributed by atoms with Crippen molar-refractivity contribution in [3.63, 3.8) is 0 Å². The zero-order valence-corrected chi connectivity index (χ0v) is 14.3.